The predicted octanol–water partition coefficient (Wildman–Crippen LogP) is 3.93. The van der Waals surface area contributed by atoms with Gasteiger partial charge in [0, 0.05) is 11.1 Å². The van der Waals surface area contributed by atoms with Gasteiger partial charge in [-0.1, -0.05) is 12.7 Å². The third kappa shape index (κ3) is 3.36. The Morgan fingerprint density at radius 1 is 1.36 bits per heavy atom. The van der Waals surface area contributed by atoms with Crippen LogP contribution in [0, 0.1) is 5.82 Å². The molecule has 0 spiro atoms. The van der Waals surface area contributed by atoms with E-state index in [2.05, 4.69) is 31.7 Å². The third-order valence-corrected chi connectivity index (χ3v) is 4.37. The van der Waals surface area contributed by atoms with Crippen LogP contribution in [0.1, 0.15) is 5.56 Å². The summed E-state index contributed by atoms with van der Waals surface area (Å²) in [6.07, 6.45) is 1.37. The Morgan fingerprint density at radius 2 is 2.08 bits per heavy atom. The van der Waals surface area contributed by atoms with Gasteiger partial charge in [-0.15, -0.1) is 0 Å². The summed E-state index contributed by atoms with van der Waals surface area (Å²) in [5.74, 6) is -1.56. The second kappa shape index (κ2) is 6.14. The highest BCUT2D eigenvalue weighted by atomic mass is 79.9. The molecule has 0 fully saturated rings. The standard InChI is InChI=1S/C15H9BrFNO6S/c1-2-7-6-11(24-25(20,21)22)12(16)13-14(7)23-15(18-13)8-3-4-10(19)9(17)5-8/h2-6,19H,1H2,(H,20,21,22). The van der Waals surface area contributed by atoms with E-state index in [9.17, 15) is 17.9 Å². The number of aromatic nitrogens is 1. The molecule has 0 radical (unpaired) electrons. The Morgan fingerprint density at radius 3 is 2.68 bits per heavy atom. The average Bonchev–Trinajstić information content (AvgIpc) is 2.97. The molecule has 0 unspecified atom stereocenters. The first-order valence-corrected chi connectivity index (χ1v) is 8.76. The van der Waals surface area contributed by atoms with Gasteiger partial charge >= 0.3 is 10.4 Å². The number of benzene rings is 2. The zero-order chi connectivity index (χ0) is 18.4. The SMILES string of the molecule is C=Cc1cc(OS(=O)(=O)O)c(Br)c2nc(-c3ccc(O)c(F)c3)oc12. The van der Waals surface area contributed by atoms with Crippen LogP contribution in [0.5, 0.6) is 11.5 Å². The van der Waals surface area contributed by atoms with Gasteiger partial charge in [0.05, 0.1) is 4.47 Å². The number of halogens is 2. The second-order valence-corrected chi connectivity index (χ2v) is 6.67. The molecule has 2 N–H and O–H groups in total. The van der Waals surface area contributed by atoms with Crippen molar-refractivity contribution < 1.29 is 31.1 Å². The molecule has 3 rings (SSSR count). The minimum atomic E-state index is -4.75. The molecule has 25 heavy (non-hydrogen) atoms. The monoisotopic (exact) mass is 429 g/mol. The first-order chi connectivity index (χ1) is 11.7. The number of phenolic OH excluding ortho intramolecular Hbond substituents is 1. The van der Waals surface area contributed by atoms with Crippen molar-refractivity contribution in [1.82, 2.24) is 4.98 Å². The van der Waals surface area contributed by atoms with Gasteiger partial charge in [-0.25, -0.2) is 9.37 Å². The fraction of sp³-hybridized carbons (Fsp3) is 0. The molecule has 1 heterocycles. The maximum Gasteiger partial charge on any atom is 0.446 e. The molecule has 0 bridgehead atoms. The lowest BCUT2D eigenvalue weighted by Gasteiger charge is -2.05. The van der Waals surface area contributed by atoms with Crippen molar-refractivity contribution >= 4 is 43.5 Å². The van der Waals surface area contributed by atoms with Crippen LogP contribution in [0.3, 0.4) is 0 Å². The van der Waals surface area contributed by atoms with E-state index in [0.717, 1.165) is 12.1 Å². The number of fused-ring (bicyclic) bond motifs is 1. The van der Waals surface area contributed by atoms with E-state index < -0.39 is 22.0 Å². The van der Waals surface area contributed by atoms with Crippen molar-refractivity contribution in [3.63, 3.8) is 0 Å². The lowest BCUT2D eigenvalue weighted by Crippen LogP contribution is -2.07. The molecule has 0 saturated carbocycles. The van der Waals surface area contributed by atoms with Crippen molar-refractivity contribution in [2.24, 2.45) is 0 Å². The molecule has 0 amide bonds. The predicted molar refractivity (Wildman–Crippen MR) is 91.0 cm³/mol. The van der Waals surface area contributed by atoms with Gasteiger partial charge < -0.3 is 13.7 Å². The van der Waals surface area contributed by atoms with E-state index in [4.69, 9.17) is 8.97 Å². The van der Waals surface area contributed by atoms with E-state index >= 15 is 0 Å². The van der Waals surface area contributed by atoms with Crippen LogP contribution < -0.4 is 4.18 Å². The molecule has 3 aromatic rings. The van der Waals surface area contributed by atoms with Crippen LogP contribution in [0.4, 0.5) is 4.39 Å². The minimum Gasteiger partial charge on any atom is -0.505 e. The Labute approximate surface area is 149 Å². The first-order valence-electron chi connectivity index (χ1n) is 6.61. The average molecular weight is 430 g/mol. The highest BCUT2D eigenvalue weighted by Gasteiger charge is 2.21. The summed E-state index contributed by atoms with van der Waals surface area (Å²) in [7, 11) is -4.75. The van der Waals surface area contributed by atoms with Crippen LogP contribution in [-0.2, 0) is 10.4 Å². The van der Waals surface area contributed by atoms with Gasteiger partial charge in [-0.2, -0.15) is 8.42 Å². The number of oxazole rings is 1. The van der Waals surface area contributed by atoms with Crippen LogP contribution in [-0.4, -0.2) is 23.1 Å². The Kier molecular flexibility index (Phi) is 4.27. The Bertz CT molecular complexity index is 1110. The minimum absolute atomic E-state index is 0.0294. The molecule has 1 aromatic heterocycles. The molecule has 130 valence electrons. The van der Waals surface area contributed by atoms with Crippen molar-refractivity contribution in [2.75, 3.05) is 0 Å². The molecule has 2 aromatic carbocycles. The Hall–Kier alpha value is -2.43. The summed E-state index contributed by atoms with van der Waals surface area (Å²) in [5.41, 5.74) is 1.02. The van der Waals surface area contributed by atoms with Crippen molar-refractivity contribution in [3.8, 4) is 23.0 Å². The summed E-state index contributed by atoms with van der Waals surface area (Å²) >= 11 is 3.14. The number of hydrogen-bond acceptors (Lipinski definition) is 6. The van der Waals surface area contributed by atoms with Crippen LogP contribution in [0.25, 0.3) is 28.6 Å². The van der Waals surface area contributed by atoms with E-state index in [-0.39, 0.29) is 32.8 Å². The summed E-state index contributed by atoms with van der Waals surface area (Å²) in [4.78, 5) is 4.19. The molecule has 10 heteroatoms. The zero-order valence-electron chi connectivity index (χ0n) is 12.2. The number of rotatable bonds is 4. The molecule has 0 aliphatic carbocycles. The van der Waals surface area contributed by atoms with E-state index in [1.54, 1.807) is 0 Å². The maximum atomic E-state index is 13.5. The van der Waals surface area contributed by atoms with Gasteiger partial charge in [0.1, 0.15) is 5.52 Å². The topological polar surface area (TPSA) is 110 Å². The lowest BCUT2D eigenvalue weighted by atomic mass is 10.2. The Balaban J connectivity index is 2.23. The van der Waals surface area contributed by atoms with Crippen LogP contribution in [0.2, 0.25) is 0 Å². The maximum absolute atomic E-state index is 13.5. The smallest absolute Gasteiger partial charge is 0.446 e. The lowest BCUT2D eigenvalue weighted by molar-refractivity contribution is 0.386. The fourth-order valence-corrected chi connectivity index (χ4v) is 3.07. The zero-order valence-corrected chi connectivity index (χ0v) is 14.6. The molecule has 0 aliphatic heterocycles. The van der Waals surface area contributed by atoms with Gasteiger partial charge in [-0.3, -0.25) is 4.55 Å². The van der Waals surface area contributed by atoms with Crippen molar-refractivity contribution in [1.29, 1.82) is 0 Å². The quantitative estimate of drug-likeness (QED) is 0.604. The highest BCUT2D eigenvalue weighted by molar-refractivity contribution is 9.10. The largest absolute Gasteiger partial charge is 0.505 e. The molecule has 0 atom stereocenters. The molecule has 7 nitrogen and oxygen atoms in total. The summed E-state index contributed by atoms with van der Waals surface area (Å²) in [5, 5.41) is 9.26. The van der Waals surface area contributed by atoms with E-state index in [0.29, 0.717) is 5.56 Å². The van der Waals surface area contributed by atoms with Crippen molar-refractivity contribution in [2.45, 2.75) is 0 Å². The number of phenols is 1. The highest BCUT2D eigenvalue weighted by Crippen LogP contribution is 2.39. The number of nitrogens with zero attached hydrogens (tertiary/aromatic N) is 1. The first kappa shape index (κ1) is 17.4. The molecular formula is C15H9BrFNO6S. The number of aromatic hydroxyl groups is 1. The summed E-state index contributed by atoms with van der Waals surface area (Å²) in [6.45, 7) is 3.59. The third-order valence-electron chi connectivity index (χ3n) is 3.21. The van der Waals surface area contributed by atoms with Crippen molar-refractivity contribution in [3.05, 3.63) is 46.7 Å². The van der Waals surface area contributed by atoms with Crippen LogP contribution >= 0.6 is 15.9 Å². The van der Waals surface area contributed by atoms with Gasteiger partial charge in [-0.05, 0) is 40.2 Å². The van der Waals surface area contributed by atoms with Gasteiger partial charge in [0.15, 0.2) is 22.9 Å². The molecule has 0 aliphatic rings. The second-order valence-electron chi connectivity index (χ2n) is 4.86. The van der Waals surface area contributed by atoms with E-state index in [1.165, 1.54) is 18.2 Å². The summed E-state index contributed by atoms with van der Waals surface area (Å²) in [6, 6.07) is 4.87. The van der Waals surface area contributed by atoms with Gasteiger partial charge in [0.2, 0.25) is 5.89 Å². The fourth-order valence-electron chi connectivity index (χ4n) is 2.14. The molecule has 0 saturated heterocycles. The van der Waals surface area contributed by atoms with Crippen LogP contribution in [0.15, 0.2) is 39.7 Å². The summed E-state index contributed by atoms with van der Waals surface area (Å²) < 4.78 is 54.5. The molecular weight excluding hydrogens is 421 g/mol. The number of hydrogen-bond donors (Lipinski definition) is 2. The normalized spacial score (nSPS) is 11.6. The van der Waals surface area contributed by atoms with Gasteiger partial charge in [0.25, 0.3) is 0 Å². The van der Waals surface area contributed by atoms with E-state index in [1.807, 2.05) is 0 Å².